The zero-order valence-corrected chi connectivity index (χ0v) is 18.6. The van der Waals surface area contributed by atoms with Gasteiger partial charge in [0.1, 0.15) is 0 Å². The van der Waals surface area contributed by atoms with Crippen LogP contribution in [-0.2, 0) is 16.1 Å². The van der Waals surface area contributed by atoms with E-state index in [9.17, 15) is 9.59 Å². The Morgan fingerprint density at radius 1 is 1.16 bits per heavy atom. The lowest BCUT2D eigenvalue weighted by Gasteiger charge is -2.15. The molecule has 2 rings (SSSR count). The Hall–Kier alpha value is -3.48. The van der Waals surface area contributed by atoms with E-state index in [2.05, 4.69) is 53.0 Å². The van der Waals surface area contributed by atoms with Crippen molar-refractivity contribution in [2.24, 2.45) is 0 Å². The largest absolute Gasteiger partial charge is 0.355 e. The molecule has 1 heterocycles. The number of carbonyl (C=O) groups is 2. The highest BCUT2D eigenvalue weighted by Crippen LogP contribution is 2.26. The van der Waals surface area contributed by atoms with E-state index in [4.69, 9.17) is 0 Å². The van der Waals surface area contributed by atoms with Gasteiger partial charge in [-0.05, 0) is 36.6 Å². The molecule has 7 nitrogen and oxygen atoms in total. The van der Waals surface area contributed by atoms with Gasteiger partial charge in [0.25, 0.3) is 5.91 Å². The summed E-state index contributed by atoms with van der Waals surface area (Å²) in [6.07, 6.45) is 9.78. The second-order valence-electron chi connectivity index (χ2n) is 7.17. The molecular weight excluding hydrogens is 390 g/mol. The second-order valence-corrected chi connectivity index (χ2v) is 7.17. The number of carbonyl (C=O) groups excluding carboxylic acids is 2. The lowest BCUT2D eigenvalue weighted by molar-refractivity contribution is -0.117. The summed E-state index contributed by atoms with van der Waals surface area (Å²) in [6, 6.07) is 10.1. The van der Waals surface area contributed by atoms with Crippen LogP contribution in [0, 0.1) is 0 Å². The molecule has 0 aliphatic rings. The molecule has 31 heavy (non-hydrogen) atoms. The number of aromatic nitrogens is 3. The summed E-state index contributed by atoms with van der Waals surface area (Å²) >= 11 is 0. The number of allylic oxidation sites excluding steroid dienone is 3. The Morgan fingerprint density at radius 3 is 2.52 bits per heavy atom. The van der Waals surface area contributed by atoms with Crippen LogP contribution < -0.4 is 10.6 Å². The van der Waals surface area contributed by atoms with Crippen LogP contribution >= 0.6 is 0 Å². The number of benzene rings is 1. The van der Waals surface area contributed by atoms with Crippen LogP contribution in [0.5, 0.6) is 0 Å². The highest BCUT2D eigenvalue weighted by molar-refractivity contribution is 6.00. The minimum Gasteiger partial charge on any atom is -0.355 e. The van der Waals surface area contributed by atoms with E-state index in [1.54, 1.807) is 37.1 Å². The summed E-state index contributed by atoms with van der Waals surface area (Å²) in [7, 11) is 1.57. The lowest BCUT2D eigenvalue weighted by Crippen LogP contribution is -2.29. The molecule has 164 valence electrons. The smallest absolute Gasteiger partial charge is 0.251 e. The van der Waals surface area contributed by atoms with Gasteiger partial charge in [-0.1, -0.05) is 55.5 Å². The Bertz CT molecular complexity index is 944. The molecule has 0 aliphatic carbocycles. The summed E-state index contributed by atoms with van der Waals surface area (Å²) in [5.41, 5.74) is 3.08. The average Bonchev–Trinajstić information content (AvgIpc) is 3.31. The first-order chi connectivity index (χ1) is 15.0. The van der Waals surface area contributed by atoms with E-state index in [0.717, 1.165) is 17.6 Å². The fraction of sp³-hybridized carbons (Fsp3) is 0.333. The van der Waals surface area contributed by atoms with Gasteiger partial charge in [-0.3, -0.25) is 14.3 Å². The number of nitrogens with zero attached hydrogens (tertiary/aromatic N) is 3. The highest BCUT2D eigenvalue weighted by atomic mass is 16.2. The number of nitrogens with one attached hydrogen (secondary N) is 2. The fourth-order valence-electron chi connectivity index (χ4n) is 3.12. The van der Waals surface area contributed by atoms with Gasteiger partial charge < -0.3 is 10.6 Å². The van der Waals surface area contributed by atoms with E-state index >= 15 is 0 Å². The lowest BCUT2D eigenvalue weighted by atomic mass is 9.90. The Kier molecular flexibility index (Phi) is 9.42. The zero-order valence-electron chi connectivity index (χ0n) is 18.6. The molecule has 2 amide bonds. The average molecular weight is 422 g/mol. The first-order valence-corrected chi connectivity index (χ1v) is 10.5. The van der Waals surface area contributed by atoms with Gasteiger partial charge in [0.2, 0.25) is 5.91 Å². The number of rotatable bonds is 10. The predicted molar refractivity (Wildman–Crippen MR) is 122 cm³/mol. The molecule has 2 N–H and O–H groups in total. The van der Waals surface area contributed by atoms with Crippen LogP contribution in [0.1, 0.15) is 38.7 Å². The number of hydrogen-bond donors (Lipinski definition) is 2. The molecule has 1 atom stereocenters. The first-order valence-electron chi connectivity index (χ1n) is 10.5. The van der Waals surface area contributed by atoms with Crippen molar-refractivity contribution in [3.63, 3.8) is 0 Å². The molecule has 7 heteroatoms. The summed E-state index contributed by atoms with van der Waals surface area (Å²) in [6.45, 7) is 6.78. The number of hydrogen-bond acceptors (Lipinski definition) is 4. The third kappa shape index (κ3) is 7.37. The zero-order chi connectivity index (χ0) is 22.6. The molecule has 0 spiro atoms. The standard InChI is InChI=1S/C24H31N5O2/c1-5-9-21(19(3)20-10-7-6-8-11-20)17-22(16-18(2)23(30)25-4)24(31)26-12-14-29-15-13-27-28-29/h6-11,13,15-17,19H,5,12,14H2,1-4H3,(H,25,30)(H,26,31)/b18-16+,21-9-,22-17+. The third-order valence-corrected chi connectivity index (χ3v) is 4.88. The molecule has 0 bridgehead atoms. The maximum absolute atomic E-state index is 13.0. The van der Waals surface area contributed by atoms with Crippen molar-refractivity contribution in [2.75, 3.05) is 13.6 Å². The molecule has 0 saturated heterocycles. The quantitative estimate of drug-likeness (QED) is 0.456. The Labute approximate surface area is 183 Å². The minimum absolute atomic E-state index is 0.104. The fourth-order valence-corrected chi connectivity index (χ4v) is 3.12. The van der Waals surface area contributed by atoms with Crippen LogP contribution in [0.2, 0.25) is 0 Å². The van der Waals surface area contributed by atoms with Crippen LogP contribution in [0.25, 0.3) is 0 Å². The molecule has 1 aromatic carbocycles. The maximum atomic E-state index is 13.0. The van der Waals surface area contributed by atoms with Gasteiger partial charge >= 0.3 is 0 Å². The van der Waals surface area contributed by atoms with Gasteiger partial charge in [0.15, 0.2) is 0 Å². The molecular formula is C24H31N5O2. The normalized spacial score (nSPS) is 13.6. The monoisotopic (exact) mass is 421 g/mol. The topological polar surface area (TPSA) is 88.9 Å². The third-order valence-electron chi connectivity index (χ3n) is 4.88. The highest BCUT2D eigenvalue weighted by Gasteiger charge is 2.14. The predicted octanol–water partition coefficient (Wildman–Crippen LogP) is 3.15. The molecule has 0 fully saturated rings. The van der Waals surface area contributed by atoms with Crippen molar-refractivity contribution in [1.82, 2.24) is 25.6 Å². The van der Waals surface area contributed by atoms with Gasteiger partial charge in [-0.2, -0.15) is 0 Å². The van der Waals surface area contributed by atoms with Crippen molar-refractivity contribution in [3.05, 3.63) is 83.2 Å². The van der Waals surface area contributed by atoms with Gasteiger partial charge in [0, 0.05) is 36.9 Å². The first kappa shape index (κ1) is 23.8. The minimum atomic E-state index is -0.245. The van der Waals surface area contributed by atoms with Crippen LogP contribution in [0.15, 0.2) is 77.7 Å². The Morgan fingerprint density at radius 2 is 1.90 bits per heavy atom. The van der Waals surface area contributed by atoms with E-state index < -0.39 is 0 Å². The van der Waals surface area contributed by atoms with Crippen molar-refractivity contribution in [1.29, 1.82) is 0 Å². The van der Waals surface area contributed by atoms with Crippen LogP contribution in [-0.4, -0.2) is 40.4 Å². The summed E-state index contributed by atoms with van der Waals surface area (Å²) in [5, 5.41) is 13.2. The maximum Gasteiger partial charge on any atom is 0.251 e. The summed E-state index contributed by atoms with van der Waals surface area (Å²) in [4.78, 5) is 25.0. The van der Waals surface area contributed by atoms with E-state index in [0.29, 0.717) is 24.2 Å². The van der Waals surface area contributed by atoms with Crippen molar-refractivity contribution < 1.29 is 9.59 Å². The van der Waals surface area contributed by atoms with Crippen molar-refractivity contribution in [2.45, 2.75) is 39.7 Å². The molecule has 1 aromatic heterocycles. The van der Waals surface area contributed by atoms with Gasteiger partial charge in [-0.15, -0.1) is 5.10 Å². The number of amides is 2. The molecule has 0 aliphatic heterocycles. The van der Waals surface area contributed by atoms with Crippen molar-refractivity contribution in [3.8, 4) is 0 Å². The van der Waals surface area contributed by atoms with E-state index in [-0.39, 0.29) is 17.7 Å². The van der Waals surface area contributed by atoms with Crippen molar-refractivity contribution >= 4 is 11.8 Å². The molecule has 2 aromatic rings. The molecule has 1 unspecified atom stereocenters. The van der Waals surface area contributed by atoms with E-state index in [1.165, 1.54) is 0 Å². The Balaban J connectivity index is 2.31. The summed E-state index contributed by atoms with van der Waals surface area (Å²) < 4.78 is 1.65. The number of likely N-dealkylation sites (N-methyl/N-ethyl adjacent to an activating group) is 1. The van der Waals surface area contributed by atoms with Crippen LogP contribution in [0.4, 0.5) is 0 Å². The summed E-state index contributed by atoms with van der Waals surface area (Å²) in [5.74, 6) is -0.364. The SMILES string of the molecule is CC/C=C(/C=C(\C=C(/C)C(=O)NC)C(=O)NCCn1ccnn1)C(C)c1ccccc1. The van der Waals surface area contributed by atoms with Gasteiger partial charge in [-0.25, -0.2) is 0 Å². The second kappa shape index (κ2) is 12.3. The molecule has 0 saturated carbocycles. The molecule has 0 radical (unpaired) electrons. The van der Waals surface area contributed by atoms with Crippen LogP contribution in [0.3, 0.4) is 0 Å². The van der Waals surface area contributed by atoms with Gasteiger partial charge in [0.05, 0.1) is 12.7 Å². The van der Waals surface area contributed by atoms with E-state index in [1.807, 2.05) is 24.3 Å².